The lowest BCUT2D eigenvalue weighted by molar-refractivity contribution is -0.132. The van der Waals surface area contributed by atoms with Crippen molar-refractivity contribution >= 4 is 5.91 Å². The number of hydrogen-bond acceptors (Lipinski definition) is 3. The first-order valence-corrected chi connectivity index (χ1v) is 6.49. The number of likely N-dealkylation sites (N-methyl/N-ethyl adjacent to an activating group) is 1. The third kappa shape index (κ3) is 3.54. The third-order valence-electron chi connectivity index (χ3n) is 3.74. The summed E-state index contributed by atoms with van der Waals surface area (Å²) in [5, 5.41) is 0. The van der Waals surface area contributed by atoms with E-state index in [-0.39, 0.29) is 0 Å². The average Bonchev–Trinajstić information content (AvgIpc) is 2.33. The molecule has 1 fully saturated rings. The van der Waals surface area contributed by atoms with Crippen LogP contribution in [0.2, 0.25) is 0 Å². The number of carbonyl (C=O) groups excluding carboxylic acids is 1. The van der Waals surface area contributed by atoms with Crippen LogP contribution in [0.3, 0.4) is 0 Å². The molecule has 1 amide bonds. The predicted molar refractivity (Wildman–Crippen MR) is 68.9 cm³/mol. The number of amides is 1. The summed E-state index contributed by atoms with van der Waals surface area (Å²) in [7, 11) is 2.14. The second kappa shape index (κ2) is 5.65. The lowest BCUT2D eigenvalue weighted by Crippen LogP contribution is -2.49. The number of piperazine rings is 1. The lowest BCUT2D eigenvalue weighted by Gasteiger charge is -2.34. The smallest absolute Gasteiger partial charge is 0.237 e. The highest BCUT2D eigenvalue weighted by molar-refractivity contribution is 5.78. The van der Waals surface area contributed by atoms with Gasteiger partial charge >= 0.3 is 0 Å². The van der Waals surface area contributed by atoms with Crippen LogP contribution in [-0.2, 0) is 4.79 Å². The van der Waals surface area contributed by atoms with Crippen molar-refractivity contribution in [1.82, 2.24) is 14.7 Å². The van der Waals surface area contributed by atoms with Crippen LogP contribution in [0.1, 0.15) is 13.3 Å². The minimum absolute atomic E-state index is 0.290. The molecule has 2 aliphatic heterocycles. The first kappa shape index (κ1) is 12.6. The first-order chi connectivity index (χ1) is 8.15. The molecule has 4 heteroatoms. The van der Waals surface area contributed by atoms with Crippen molar-refractivity contribution in [2.24, 2.45) is 0 Å². The molecule has 0 aromatic heterocycles. The van der Waals surface area contributed by atoms with E-state index in [1.165, 1.54) is 5.57 Å². The van der Waals surface area contributed by atoms with Crippen LogP contribution >= 0.6 is 0 Å². The Bertz CT molecular complexity index is 306. The summed E-state index contributed by atoms with van der Waals surface area (Å²) in [4.78, 5) is 18.7. The fraction of sp³-hybridized carbons (Fsp3) is 0.769. The van der Waals surface area contributed by atoms with Gasteiger partial charge in [0.1, 0.15) is 0 Å². The first-order valence-electron chi connectivity index (χ1n) is 6.49. The van der Waals surface area contributed by atoms with E-state index in [9.17, 15) is 4.79 Å². The summed E-state index contributed by atoms with van der Waals surface area (Å²) in [6, 6.07) is 0. The quantitative estimate of drug-likeness (QED) is 0.651. The monoisotopic (exact) mass is 237 g/mol. The van der Waals surface area contributed by atoms with E-state index < -0.39 is 0 Å². The van der Waals surface area contributed by atoms with Crippen LogP contribution < -0.4 is 0 Å². The average molecular weight is 237 g/mol. The van der Waals surface area contributed by atoms with Crippen molar-refractivity contribution in [2.75, 3.05) is 52.9 Å². The SMILES string of the molecule is CC1=CCN(C(=O)CN2CCN(C)CC2)CC1. The van der Waals surface area contributed by atoms with Crippen LogP contribution in [0.4, 0.5) is 0 Å². The van der Waals surface area contributed by atoms with Gasteiger partial charge in [0, 0.05) is 39.3 Å². The highest BCUT2D eigenvalue weighted by Crippen LogP contribution is 2.10. The van der Waals surface area contributed by atoms with E-state index in [4.69, 9.17) is 0 Å². The molecule has 17 heavy (non-hydrogen) atoms. The predicted octanol–water partition coefficient (Wildman–Crippen LogP) is 0.412. The molecule has 0 unspecified atom stereocenters. The molecule has 2 rings (SSSR count). The molecule has 0 N–H and O–H groups in total. The molecule has 1 saturated heterocycles. The van der Waals surface area contributed by atoms with Gasteiger partial charge in [-0.15, -0.1) is 0 Å². The van der Waals surface area contributed by atoms with Gasteiger partial charge in [0.2, 0.25) is 5.91 Å². The summed E-state index contributed by atoms with van der Waals surface area (Å²) in [5.41, 5.74) is 1.41. The van der Waals surface area contributed by atoms with Crippen LogP contribution in [-0.4, -0.2) is 73.5 Å². The van der Waals surface area contributed by atoms with E-state index in [0.29, 0.717) is 12.5 Å². The molecular weight excluding hydrogens is 214 g/mol. The van der Waals surface area contributed by atoms with Crippen molar-refractivity contribution in [2.45, 2.75) is 13.3 Å². The number of hydrogen-bond donors (Lipinski definition) is 0. The summed E-state index contributed by atoms with van der Waals surface area (Å²) in [6.07, 6.45) is 3.21. The number of nitrogens with zero attached hydrogens (tertiary/aromatic N) is 3. The van der Waals surface area contributed by atoms with E-state index >= 15 is 0 Å². The van der Waals surface area contributed by atoms with Gasteiger partial charge in [-0.2, -0.15) is 0 Å². The Labute approximate surface area is 104 Å². The minimum Gasteiger partial charge on any atom is -0.338 e. The molecule has 0 aromatic carbocycles. The highest BCUT2D eigenvalue weighted by Gasteiger charge is 2.20. The van der Waals surface area contributed by atoms with Crippen molar-refractivity contribution in [3.05, 3.63) is 11.6 Å². The molecule has 0 aliphatic carbocycles. The molecule has 0 radical (unpaired) electrons. The van der Waals surface area contributed by atoms with Crippen LogP contribution in [0.15, 0.2) is 11.6 Å². The molecule has 0 aromatic rings. The van der Waals surface area contributed by atoms with Gasteiger partial charge in [0.25, 0.3) is 0 Å². The topological polar surface area (TPSA) is 26.8 Å². The zero-order valence-corrected chi connectivity index (χ0v) is 11.0. The molecule has 2 aliphatic rings. The summed E-state index contributed by atoms with van der Waals surface area (Å²) in [6.45, 7) is 8.63. The van der Waals surface area contributed by atoms with E-state index in [1.54, 1.807) is 0 Å². The normalized spacial score (nSPS) is 23.6. The fourth-order valence-corrected chi connectivity index (χ4v) is 2.29. The van der Waals surface area contributed by atoms with Crippen LogP contribution in [0.5, 0.6) is 0 Å². The van der Waals surface area contributed by atoms with Crippen molar-refractivity contribution in [1.29, 1.82) is 0 Å². The fourth-order valence-electron chi connectivity index (χ4n) is 2.29. The largest absolute Gasteiger partial charge is 0.338 e. The Kier molecular flexibility index (Phi) is 4.18. The van der Waals surface area contributed by atoms with Gasteiger partial charge in [0.05, 0.1) is 6.54 Å². The maximum atomic E-state index is 12.1. The van der Waals surface area contributed by atoms with Gasteiger partial charge in [-0.1, -0.05) is 11.6 Å². The highest BCUT2D eigenvalue weighted by atomic mass is 16.2. The van der Waals surface area contributed by atoms with Crippen molar-refractivity contribution < 1.29 is 4.79 Å². The van der Waals surface area contributed by atoms with Crippen LogP contribution in [0, 0.1) is 0 Å². The van der Waals surface area contributed by atoms with Crippen molar-refractivity contribution in [3.63, 3.8) is 0 Å². The van der Waals surface area contributed by atoms with Gasteiger partial charge in [-0.3, -0.25) is 9.69 Å². The van der Waals surface area contributed by atoms with Gasteiger partial charge in [-0.25, -0.2) is 0 Å². The maximum absolute atomic E-state index is 12.1. The Morgan fingerprint density at radius 3 is 2.53 bits per heavy atom. The van der Waals surface area contributed by atoms with E-state index in [0.717, 1.165) is 45.7 Å². The second-order valence-corrected chi connectivity index (χ2v) is 5.22. The zero-order valence-electron chi connectivity index (χ0n) is 11.0. The minimum atomic E-state index is 0.290. The Hall–Kier alpha value is -0.870. The molecular formula is C13H23N3O. The summed E-state index contributed by atoms with van der Waals surface area (Å²) < 4.78 is 0. The molecule has 0 atom stereocenters. The number of carbonyl (C=O) groups is 1. The second-order valence-electron chi connectivity index (χ2n) is 5.22. The molecule has 2 heterocycles. The Morgan fingerprint density at radius 1 is 1.24 bits per heavy atom. The lowest BCUT2D eigenvalue weighted by atomic mass is 10.1. The third-order valence-corrected chi connectivity index (χ3v) is 3.74. The molecule has 4 nitrogen and oxygen atoms in total. The summed E-state index contributed by atoms with van der Waals surface area (Å²) >= 11 is 0. The Balaban J connectivity index is 1.77. The molecule has 0 saturated carbocycles. The summed E-state index contributed by atoms with van der Waals surface area (Å²) in [5.74, 6) is 0.290. The maximum Gasteiger partial charge on any atom is 0.237 e. The van der Waals surface area contributed by atoms with Crippen LogP contribution in [0.25, 0.3) is 0 Å². The molecule has 0 spiro atoms. The van der Waals surface area contributed by atoms with Crippen molar-refractivity contribution in [3.8, 4) is 0 Å². The molecule has 96 valence electrons. The van der Waals surface area contributed by atoms with E-state index in [1.807, 2.05) is 4.90 Å². The van der Waals surface area contributed by atoms with Gasteiger partial charge in [0.15, 0.2) is 0 Å². The Morgan fingerprint density at radius 2 is 1.94 bits per heavy atom. The number of rotatable bonds is 2. The standard InChI is InChI=1S/C13H23N3O/c1-12-3-5-16(6-4-12)13(17)11-15-9-7-14(2)8-10-15/h3H,4-11H2,1-2H3. The van der Waals surface area contributed by atoms with Gasteiger partial charge < -0.3 is 9.80 Å². The van der Waals surface area contributed by atoms with Gasteiger partial charge in [-0.05, 0) is 20.4 Å². The zero-order chi connectivity index (χ0) is 12.3. The molecule has 0 bridgehead atoms. The van der Waals surface area contributed by atoms with E-state index in [2.05, 4.69) is 29.8 Å².